The van der Waals surface area contributed by atoms with E-state index >= 15 is 0 Å². The van der Waals surface area contributed by atoms with Gasteiger partial charge in [0.2, 0.25) is 0 Å². The molecule has 0 unspecified atom stereocenters. The zero-order valence-electron chi connectivity index (χ0n) is 24.2. The number of hydrogen-bond donors (Lipinski definition) is 1. The van der Waals surface area contributed by atoms with Gasteiger partial charge < -0.3 is 9.84 Å². The van der Waals surface area contributed by atoms with Crippen molar-refractivity contribution in [3.05, 3.63) is 143 Å². The molecule has 0 amide bonds. The quantitative estimate of drug-likeness (QED) is 0.195. The summed E-state index contributed by atoms with van der Waals surface area (Å²) in [5, 5.41) is 24.1. The molecule has 212 valence electrons. The van der Waals surface area contributed by atoms with Gasteiger partial charge in [-0.05, 0) is 43.9 Å². The number of nitriles is 1. The molecule has 42 heavy (non-hydrogen) atoms. The van der Waals surface area contributed by atoms with Gasteiger partial charge in [0.1, 0.15) is 5.60 Å². The van der Waals surface area contributed by atoms with Gasteiger partial charge in [0, 0.05) is 17.4 Å². The number of hydrogen-bond acceptors (Lipinski definition) is 5. The van der Waals surface area contributed by atoms with Crippen molar-refractivity contribution < 1.29 is 19.4 Å². The highest BCUT2D eigenvalue weighted by molar-refractivity contribution is 6.00. The summed E-state index contributed by atoms with van der Waals surface area (Å²) >= 11 is 0. The molecule has 1 fully saturated rings. The lowest BCUT2D eigenvalue weighted by atomic mass is 9.47. The highest BCUT2D eigenvalue weighted by Crippen LogP contribution is 2.63. The average Bonchev–Trinajstić information content (AvgIpc) is 3.02. The molecule has 1 aliphatic rings. The van der Waals surface area contributed by atoms with Gasteiger partial charge in [-0.1, -0.05) is 120 Å². The minimum absolute atomic E-state index is 0.0297. The number of carbonyl (C=O) groups is 2. The molecule has 5 atom stereocenters. The molecule has 1 saturated carbocycles. The molecule has 0 saturated heterocycles. The Bertz CT molecular complexity index is 1590. The first kappa shape index (κ1) is 29.0. The van der Waals surface area contributed by atoms with Crippen molar-refractivity contribution in [1.29, 1.82) is 5.26 Å². The van der Waals surface area contributed by atoms with Gasteiger partial charge in [0.15, 0.2) is 11.2 Å². The Labute approximate surface area is 247 Å². The van der Waals surface area contributed by atoms with Gasteiger partial charge >= 0.3 is 5.97 Å². The molecular weight excluding hydrogens is 522 g/mol. The summed E-state index contributed by atoms with van der Waals surface area (Å²) in [7, 11) is 0. The molecule has 1 aliphatic carbocycles. The lowest BCUT2D eigenvalue weighted by molar-refractivity contribution is -0.164. The van der Waals surface area contributed by atoms with Gasteiger partial charge in [0.05, 0.1) is 18.6 Å². The Hall–Kier alpha value is -4.53. The van der Waals surface area contributed by atoms with Crippen molar-refractivity contribution in [3.63, 3.8) is 0 Å². The lowest BCUT2D eigenvalue weighted by Gasteiger charge is -2.54. The van der Waals surface area contributed by atoms with E-state index in [9.17, 15) is 20.0 Å². The molecule has 5 nitrogen and oxygen atoms in total. The number of esters is 1. The first-order chi connectivity index (χ1) is 20.3. The van der Waals surface area contributed by atoms with Crippen LogP contribution in [0.4, 0.5) is 0 Å². The van der Waals surface area contributed by atoms with Crippen LogP contribution >= 0.6 is 0 Å². The predicted molar refractivity (Wildman–Crippen MR) is 162 cm³/mol. The van der Waals surface area contributed by atoms with Crippen molar-refractivity contribution in [3.8, 4) is 6.07 Å². The monoisotopic (exact) mass is 557 g/mol. The minimum Gasteiger partial charge on any atom is -0.465 e. The number of ketones is 1. The zero-order valence-corrected chi connectivity index (χ0v) is 24.2. The lowest BCUT2D eigenvalue weighted by Crippen LogP contribution is -2.59. The van der Waals surface area contributed by atoms with Crippen molar-refractivity contribution in [2.45, 2.75) is 44.6 Å². The van der Waals surface area contributed by atoms with E-state index in [2.05, 4.69) is 6.07 Å². The molecule has 5 rings (SSSR count). The molecule has 4 aromatic carbocycles. The van der Waals surface area contributed by atoms with Crippen molar-refractivity contribution in [1.82, 2.24) is 0 Å². The maximum absolute atomic E-state index is 14.7. The summed E-state index contributed by atoms with van der Waals surface area (Å²) in [4.78, 5) is 29.0. The van der Waals surface area contributed by atoms with Gasteiger partial charge in [-0.15, -0.1) is 0 Å². The second-order valence-electron chi connectivity index (χ2n) is 11.3. The first-order valence-electron chi connectivity index (χ1n) is 14.3. The van der Waals surface area contributed by atoms with E-state index in [1.54, 1.807) is 31.2 Å². The van der Waals surface area contributed by atoms with E-state index in [1.807, 2.05) is 98.8 Å². The molecule has 5 heteroatoms. The number of ether oxygens (including phenoxy) is 1. The number of benzene rings is 4. The number of rotatable bonds is 7. The van der Waals surface area contributed by atoms with Crippen LogP contribution in [-0.4, -0.2) is 23.5 Å². The SMILES string of the molecule is CCOC(=O)[C@]1(C#N)[C@H](c2ccc(C)cc2)C[C@](O)(c2ccccc2)[C@H](C(=O)c2ccccc2)[C@@H]1c1ccc(C)cc1. The Morgan fingerprint density at radius 3 is 1.88 bits per heavy atom. The number of Topliss-reactive ketones (excluding diaryl/α,β-unsaturated/α-hetero) is 1. The van der Waals surface area contributed by atoms with Gasteiger partial charge in [0.25, 0.3) is 0 Å². The maximum atomic E-state index is 14.7. The highest BCUT2D eigenvalue weighted by Gasteiger charge is 2.67. The fourth-order valence-electron chi connectivity index (χ4n) is 6.65. The second kappa shape index (κ2) is 11.8. The Kier molecular flexibility index (Phi) is 8.11. The van der Waals surface area contributed by atoms with E-state index in [4.69, 9.17) is 4.74 Å². The van der Waals surface area contributed by atoms with Crippen LogP contribution in [0.5, 0.6) is 0 Å². The molecule has 0 bridgehead atoms. The summed E-state index contributed by atoms with van der Waals surface area (Å²) in [5.41, 5.74) is 0.805. The Morgan fingerprint density at radius 1 is 0.833 bits per heavy atom. The van der Waals surface area contributed by atoms with E-state index < -0.39 is 34.7 Å². The third-order valence-electron chi connectivity index (χ3n) is 8.73. The third kappa shape index (κ3) is 4.93. The molecule has 1 N–H and O–H groups in total. The molecule has 0 heterocycles. The van der Waals surface area contributed by atoms with E-state index in [0.717, 1.165) is 16.7 Å². The summed E-state index contributed by atoms with van der Waals surface area (Å²) in [6.07, 6.45) is -0.0297. The fraction of sp³-hybridized carbons (Fsp3) is 0.270. The molecule has 0 spiro atoms. The third-order valence-corrected chi connectivity index (χ3v) is 8.73. The van der Waals surface area contributed by atoms with Crippen LogP contribution in [0.25, 0.3) is 0 Å². The summed E-state index contributed by atoms with van der Waals surface area (Å²) in [5.74, 6) is -4.00. The van der Waals surface area contributed by atoms with Crippen LogP contribution in [0.15, 0.2) is 109 Å². The summed E-state index contributed by atoms with van der Waals surface area (Å²) in [6.45, 7) is 5.71. The fourth-order valence-corrected chi connectivity index (χ4v) is 6.65. The second-order valence-corrected chi connectivity index (χ2v) is 11.3. The smallest absolute Gasteiger partial charge is 0.327 e. The van der Waals surface area contributed by atoms with Crippen LogP contribution < -0.4 is 0 Å². The van der Waals surface area contributed by atoms with Gasteiger partial charge in [-0.2, -0.15) is 5.26 Å². The van der Waals surface area contributed by atoms with Crippen LogP contribution in [0, 0.1) is 36.5 Å². The Morgan fingerprint density at radius 2 is 1.36 bits per heavy atom. The van der Waals surface area contributed by atoms with Crippen molar-refractivity contribution in [2.75, 3.05) is 6.61 Å². The normalized spacial score (nSPS) is 25.3. The summed E-state index contributed by atoms with van der Waals surface area (Å²) in [6, 6.07) is 35.6. The first-order valence-corrected chi connectivity index (χ1v) is 14.3. The number of aryl methyl sites for hydroxylation is 2. The van der Waals surface area contributed by atoms with Crippen LogP contribution in [0.2, 0.25) is 0 Å². The minimum atomic E-state index is -1.81. The molecule has 0 aliphatic heterocycles. The van der Waals surface area contributed by atoms with Crippen molar-refractivity contribution >= 4 is 11.8 Å². The van der Waals surface area contributed by atoms with E-state index in [0.29, 0.717) is 16.7 Å². The van der Waals surface area contributed by atoms with Crippen molar-refractivity contribution in [2.24, 2.45) is 11.3 Å². The largest absolute Gasteiger partial charge is 0.465 e. The topological polar surface area (TPSA) is 87.4 Å². The molecule has 0 aromatic heterocycles. The molecule has 4 aromatic rings. The van der Waals surface area contributed by atoms with E-state index in [-0.39, 0.29) is 18.8 Å². The standard InChI is InChI=1S/C37H35NO4/c1-4-42-35(40)36(24-38)31(27-19-15-25(2)16-20-27)23-37(41,30-13-9-6-10-14-30)33(34(39)29-11-7-5-8-12-29)32(36)28-21-17-26(3)18-22-28/h5-22,31-33,41H,4,23H2,1-3H3/t31-,32-,33-,36+,37-/m0/s1. The van der Waals surface area contributed by atoms with Crippen LogP contribution in [0.3, 0.4) is 0 Å². The average molecular weight is 558 g/mol. The summed E-state index contributed by atoms with van der Waals surface area (Å²) < 4.78 is 5.68. The number of carbonyl (C=O) groups excluding carboxylic acids is 2. The number of aliphatic hydroxyl groups is 1. The number of nitrogens with zero attached hydrogens (tertiary/aromatic N) is 1. The van der Waals surface area contributed by atoms with E-state index in [1.165, 1.54) is 0 Å². The predicted octanol–water partition coefficient (Wildman–Crippen LogP) is 7.03. The maximum Gasteiger partial charge on any atom is 0.327 e. The highest BCUT2D eigenvalue weighted by atomic mass is 16.5. The van der Waals surface area contributed by atoms with Crippen LogP contribution in [0.1, 0.15) is 63.4 Å². The zero-order chi connectivity index (χ0) is 29.9. The van der Waals surface area contributed by atoms with Gasteiger partial charge in [-0.3, -0.25) is 9.59 Å². The molecule has 0 radical (unpaired) electrons. The van der Waals surface area contributed by atoms with Gasteiger partial charge in [-0.25, -0.2) is 0 Å². The Balaban J connectivity index is 1.89. The molecular formula is C37H35NO4. The van der Waals surface area contributed by atoms with Crippen LogP contribution in [-0.2, 0) is 15.1 Å².